The average molecular weight is 457 g/mol. The minimum absolute atomic E-state index is 0.000360. The van der Waals surface area contributed by atoms with Gasteiger partial charge in [0, 0.05) is 18.0 Å². The minimum atomic E-state index is -0.556. The molecule has 1 fully saturated rings. The second kappa shape index (κ2) is 9.34. The molecular weight excluding hydrogens is 423 g/mol. The number of thiophene rings is 1. The summed E-state index contributed by atoms with van der Waals surface area (Å²) >= 11 is 1.51. The first-order valence-electron chi connectivity index (χ1n) is 11.8. The van der Waals surface area contributed by atoms with Gasteiger partial charge >= 0.3 is 0 Å². The lowest BCUT2D eigenvalue weighted by Crippen LogP contribution is -2.33. The standard InChI is InChI=1S/C26H33FN2O2S/c1-26(2,3)17-12-13-19-21(16-17)32-24(28-23(30)18-10-6-7-11-20(18)27)22(19)25(31)29-14-8-4-5-9-15-29/h6-7,10-11,17H,4-5,8-9,12-16H2,1-3H3,(H,28,30)/t17-/m0/s1. The highest BCUT2D eigenvalue weighted by atomic mass is 32.1. The number of carbonyl (C=O) groups is 2. The molecule has 2 heterocycles. The van der Waals surface area contributed by atoms with Crippen molar-refractivity contribution in [2.24, 2.45) is 11.3 Å². The molecule has 1 aliphatic heterocycles. The Morgan fingerprint density at radius 1 is 1.09 bits per heavy atom. The Labute approximate surface area is 194 Å². The average Bonchev–Trinajstić information content (AvgIpc) is 2.90. The summed E-state index contributed by atoms with van der Waals surface area (Å²) in [6.07, 6.45) is 7.12. The SMILES string of the molecule is CC(C)(C)[C@H]1CCc2c(sc(NC(=O)c3ccccc3F)c2C(=O)N2CCCCCC2)C1. The lowest BCUT2D eigenvalue weighted by molar-refractivity contribution is 0.0761. The first kappa shape index (κ1) is 23.0. The van der Waals surface area contributed by atoms with Crippen LogP contribution in [0.3, 0.4) is 0 Å². The van der Waals surface area contributed by atoms with Crippen LogP contribution < -0.4 is 5.32 Å². The molecule has 0 saturated carbocycles. The molecule has 0 spiro atoms. The number of hydrogen-bond acceptors (Lipinski definition) is 3. The third-order valence-electron chi connectivity index (χ3n) is 6.94. The highest BCUT2D eigenvalue weighted by Gasteiger charge is 2.35. The number of nitrogens with one attached hydrogen (secondary N) is 1. The molecule has 4 rings (SSSR count). The van der Waals surface area contributed by atoms with Crippen molar-refractivity contribution in [2.45, 2.75) is 65.7 Å². The fourth-order valence-corrected chi connectivity index (χ4v) is 6.20. The third-order valence-corrected chi connectivity index (χ3v) is 8.11. The Morgan fingerprint density at radius 3 is 2.44 bits per heavy atom. The quantitative estimate of drug-likeness (QED) is 0.589. The highest BCUT2D eigenvalue weighted by molar-refractivity contribution is 7.17. The normalized spacial score (nSPS) is 19.2. The maximum absolute atomic E-state index is 14.2. The smallest absolute Gasteiger partial charge is 0.259 e. The van der Waals surface area contributed by atoms with Crippen LogP contribution in [0.4, 0.5) is 9.39 Å². The van der Waals surface area contributed by atoms with E-state index in [1.807, 2.05) is 4.90 Å². The number of rotatable bonds is 3. The van der Waals surface area contributed by atoms with Gasteiger partial charge < -0.3 is 10.2 Å². The summed E-state index contributed by atoms with van der Waals surface area (Å²) in [6, 6.07) is 5.97. The molecule has 2 amide bonds. The molecule has 1 aromatic carbocycles. The van der Waals surface area contributed by atoms with Gasteiger partial charge in [-0.3, -0.25) is 9.59 Å². The summed E-state index contributed by atoms with van der Waals surface area (Å²) < 4.78 is 14.2. The molecule has 1 aliphatic carbocycles. The lowest BCUT2D eigenvalue weighted by atomic mass is 9.72. The summed E-state index contributed by atoms with van der Waals surface area (Å²) in [5, 5.41) is 3.48. The Hall–Kier alpha value is -2.21. The first-order chi connectivity index (χ1) is 15.3. The first-order valence-corrected chi connectivity index (χ1v) is 12.6. The molecule has 1 aromatic heterocycles. The molecule has 172 valence electrons. The van der Waals surface area contributed by atoms with Crippen LogP contribution >= 0.6 is 11.3 Å². The Balaban J connectivity index is 1.70. The van der Waals surface area contributed by atoms with Crippen LogP contribution in [0.1, 0.15) is 84.0 Å². The molecule has 0 radical (unpaired) electrons. The Bertz CT molecular complexity index is 1000. The van der Waals surface area contributed by atoms with E-state index in [9.17, 15) is 14.0 Å². The maximum Gasteiger partial charge on any atom is 0.259 e. The minimum Gasteiger partial charge on any atom is -0.339 e. The molecule has 0 unspecified atom stereocenters. The molecule has 1 atom stereocenters. The number of benzene rings is 1. The summed E-state index contributed by atoms with van der Waals surface area (Å²) in [6.45, 7) is 8.31. The van der Waals surface area contributed by atoms with E-state index >= 15 is 0 Å². The second-order valence-electron chi connectivity index (χ2n) is 10.2. The van der Waals surface area contributed by atoms with E-state index in [4.69, 9.17) is 0 Å². The number of amides is 2. The van der Waals surface area contributed by atoms with Gasteiger partial charge in [-0.25, -0.2) is 4.39 Å². The summed E-state index contributed by atoms with van der Waals surface area (Å²) in [4.78, 5) is 29.7. The van der Waals surface area contributed by atoms with E-state index in [2.05, 4.69) is 26.1 Å². The van der Waals surface area contributed by atoms with Crippen LogP contribution in [0.25, 0.3) is 0 Å². The second-order valence-corrected chi connectivity index (χ2v) is 11.3. The third kappa shape index (κ3) is 4.75. The van der Waals surface area contributed by atoms with Gasteiger partial charge in [0.1, 0.15) is 10.8 Å². The number of fused-ring (bicyclic) bond motifs is 1. The fourth-order valence-electron chi connectivity index (χ4n) is 4.89. The topological polar surface area (TPSA) is 49.4 Å². The zero-order chi connectivity index (χ0) is 22.9. The maximum atomic E-state index is 14.2. The van der Waals surface area contributed by atoms with E-state index in [1.165, 1.54) is 28.3 Å². The van der Waals surface area contributed by atoms with E-state index in [0.29, 0.717) is 16.5 Å². The molecule has 6 heteroatoms. The molecule has 1 N–H and O–H groups in total. The van der Waals surface area contributed by atoms with Crippen molar-refractivity contribution in [3.05, 3.63) is 51.7 Å². The van der Waals surface area contributed by atoms with Gasteiger partial charge in [0.25, 0.3) is 11.8 Å². The number of likely N-dealkylation sites (tertiary alicyclic amines) is 1. The van der Waals surface area contributed by atoms with Crippen LogP contribution in [-0.2, 0) is 12.8 Å². The van der Waals surface area contributed by atoms with Gasteiger partial charge in [0.05, 0.1) is 11.1 Å². The highest BCUT2D eigenvalue weighted by Crippen LogP contribution is 2.45. The van der Waals surface area contributed by atoms with Gasteiger partial charge in [0.2, 0.25) is 0 Å². The van der Waals surface area contributed by atoms with Gasteiger partial charge in [-0.1, -0.05) is 45.7 Å². The Kier molecular flexibility index (Phi) is 6.70. The van der Waals surface area contributed by atoms with Gasteiger partial charge in [-0.15, -0.1) is 11.3 Å². The summed E-state index contributed by atoms with van der Waals surface area (Å²) in [5.41, 5.74) is 1.92. The van der Waals surface area contributed by atoms with Crippen LogP contribution in [0.5, 0.6) is 0 Å². The summed E-state index contributed by atoms with van der Waals surface area (Å²) in [7, 11) is 0. The van der Waals surface area contributed by atoms with Crippen molar-refractivity contribution < 1.29 is 14.0 Å². The zero-order valence-electron chi connectivity index (χ0n) is 19.3. The number of hydrogen-bond donors (Lipinski definition) is 1. The fraction of sp³-hybridized carbons (Fsp3) is 0.538. The van der Waals surface area contributed by atoms with Crippen molar-refractivity contribution in [1.82, 2.24) is 4.90 Å². The zero-order valence-corrected chi connectivity index (χ0v) is 20.1. The molecule has 2 aromatic rings. The number of halogens is 1. The van der Waals surface area contributed by atoms with Crippen LogP contribution in [0, 0.1) is 17.2 Å². The molecule has 0 bridgehead atoms. The predicted octanol–water partition coefficient (Wildman–Crippen LogP) is 6.31. The van der Waals surface area contributed by atoms with E-state index in [1.54, 1.807) is 12.1 Å². The van der Waals surface area contributed by atoms with Crippen molar-refractivity contribution >= 4 is 28.2 Å². The van der Waals surface area contributed by atoms with Crippen LogP contribution in [0.2, 0.25) is 0 Å². The molecule has 32 heavy (non-hydrogen) atoms. The largest absolute Gasteiger partial charge is 0.339 e. The van der Waals surface area contributed by atoms with Crippen molar-refractivity contribution in [3.8, 4) is 0 Å². The number of anilines is 1. The number of nitrogens with zero attached hydrogens (tertiary/aromatic N) is 1. The van der Waals surface area contributed by atoms with Gasteiger partial charge in [-0.05, 0) is 61.1 Å². The van der Waals surface area contributed by atoms with Gasteiger partial charge in [-0.2, -0.15) is 0 Å². The van der Waals surface area contributed by atoms with E-state index < -0.39 is 11.7 Å². The molecule has 1 saturated heterocycles. The monoisotopic (exact) mass is 456 g/mol. The van der Waals surface area contributed by atoms with Crippen LogP contribution in [0.15, 0.2) is 24.3 Å². The van der Waals surface area contributed by atoms with E-state index in [0.717, 1.165) is 63.6 Å². The predicted molar refractivity (Wildman–Crippen MR) is 128 cm³/mol. The van der Waals surface area contributed by atoms with E-state index in [-0.39, 0.29) is 16.9 Å². The Morgan fingerprint density at radius 2 is 1.78 bits per heavy atom. The van der Waals surface area contributed by atoms with Crippen molar-refractivity contribution in [1.29, 1.82) is 0 Å². The van der Waals surface area contributed by atoms with Crippen LogP contribution in [-0.4, -0.2) is 29.8 Å². The molecule has 4 nitrogen and oxygen atoms in total. The van der Waals surface area contributed by atoms with Gasteiger partial charge in [0.15, 0.2) is 0 Å². The lowest BCUT2D eigenvalue weighted by Gasteiger charge is -2.34. The molecular formula is C26H33FN2O2S. The number of carbonyl (C=O) groups excluding carboxylic acids is 2. The molecule has 2 aliphatic rings. The van der Waals surface area contributed by atoms with Crippen molar-refractivity contribution in [2.75, 3.05) is 18.4 Å². The van der Waals surface area contributed by atoms with Crippen molar-refractivity contribution in [3.63, 3.8) is 0 Å². The summed E-state index contributed by atoms with van der Waals surface area (Å²) in [5.74, 6) is -0.508.